The molecular weight excluding hydrogens is 766 g/mol. The van der Waals surface area contributed by atoms with E-state index in [0.717, 1.165) is 64.2 Å². The summed E-state index contributed by atoms with van der Waals surface area (Å²) >= 11 is 0. The molecule has 1 aliphatic heterocycles. The van der Waals surface area contributed by atoms with Crippen LogP contribution in [0.1, 0.15) is 219 Å². The third kappa shape index (κ3) is 38.1. The van der Waals surface area contributed by atoms with Crippen LogP contribution in [-0.4, -0.2) is 87.1 Å². The Morgan fingerprint density at radius 3 is 1.61 bits per heavy atom. The molecule has 0 saturated carbocycles. The van der Waals surface area contributed by atoms with Crippen LogP contribution in [-0.2, 0) is 37.4 Å². The monoisotopic (exact) mass is 859 g/mol. The number of phosphoric ester groups is 1. The topological polar surface area (TPSA) is 121 Å². The number of nitrogens with zero attached hydrogens (tertiary/aromatic N) is 1. The number of carbonyl (C=O) groups is 2. The highest BCUT2D eigenvalue weighted by Gasteiger charge is 2.36. The van der Waals surface area contributed by atoms with E-state index in [0.29, 0.717) is 29.7 Å². The largest absolute Gasteiger partial charge is 0.472 e. The SMILES string of the molecule is CCCCC/C=C\CC1OC1CCCCCCCC(=O)O[C@H](COC(=O)CCCCCCCCCCCCCCCCCCCCC)COP(=O)(O)OCC[N+](C)(C)C. The molecule has 0 aromatic heterocycles. The minimum absolute atomic E-state index is 0.0287. The zero-order chi connectivity index (χ0) is 43.3. The highest BCUT2D eigenvalue weighted by Crippen LogP contribution is 2.43. The van der Waals surface area contributed by atoms with E-state index in [9.17, 15) is 19.0 Å². The second-order valence-corrected chi connectivity index (χ2v) is 19.7. The Bertz CT molecular complexity index is 1080. The minimum Gasteiger partial charge on any atom is -0.462 e. The molecule has 59 heavy (non-hydrogen) atoms. The lowest BCUT2D eigenvalue weighted by atomic mass is 10.0. The first-order chi connectivity index (χ1) is 28.5. The second kappa shape index (κ2) is 37.3. The molecule has 0 radical (unpaired) electrons. The molecule has 1 N–H and O–H groups in total. The number of likely N-dealkylation sites (N-methyl/N-ethyl adjacent to an activating group) is 1. The molecule has 4 atom stereocenters. The van der Waals surface area contributed by atoms with Gasteiger partial charge in [-0.25, -0.2) is 4.57 Å². The number of rotatable bonds is 44. The number of unbranched alkanes of at least 4 members (excludes halogenated alkanes) is 25. The highest BCUT2D eigenvalue weighted by molar-refractivity contribution is 7.47. The summed E-state index contributed by atoms with van der Waals surface area (Å²) in [6.07, 6.45) is 41.3. The summed E-state index contributed by atoms with van der Waals surface area (Å²) < 4.78 is 40.2. The fraction of sp³-hybridized carbons (Fsp3) is 0.917. The highest BCUT2D eigenvalue weighted by atomic mass is 31.2. The van der Waals surface area contributed by atoms with E-state index in [-0.39, 0.29) is 32.0 Å². The molecule has 3 unspecified atom stereocenters. The lowest BCUT2D eigenvalue weighted by Crippen LogP contribution is -2.37. The first kappa shape index (κ1) is 55.7. The molecule has 1 heterocycles. The predicted octanol–water partition coefficient (Wildman–Crippen LogP) is 13.1. The van der Waals surface area contributed by atoms with Gasteiger partial charge in [-0.15, -0.1) is 0 Å². The van der Waals surface area contributed by atoms with Gasteiger partial charge in [-0.05, 0) is 38.5 Å². The number of allylic oxidation sites excluding steroid dienone is 1. The van der Waals surface area contributed by atoms with Gasteiger partial charge in [0.05, 0.1) is 40.0 Å². The van der Waals surface area contributed by atoms with E-state index in [1.165, 1.54) is 122 Å². The van der Waals surface area contributed by atoms with Crippen molar-refractivity contribution in [2.45, 2.75) is 238 Å². The molecule has 0 spiro atoms. The molecule has 0 aromatic rings. The Morgan fingerprint density at radius 1 is 0.610 bits per heavy atom. The quantitative estimate of drug-likeness (QED) is 0.0159. The van der Waals surface area contributed by atoms with Gasteiger partial charge in [-0.2, -0.15) is 0 Å². The summed E-state index contributed by atoms with van der Waals surface area (Å²) in [5, 5.41) is 0. The van der Waals surface area contributed by atoms with Crippen molar-refractivity contribution in [1.29, 1.82) is 0 Å². The van der Waals surface area contributed by atoms with Crippen molar-refractivity contribution in [3.8, 4) is 0 Å². The van der Waals surface area contributed by atoms with Crippen molar-refractivity contribution in [3.05, 3.63) is 12.2 Å². The van der Waals surface area contributed by atoms with Crippen LogP contribution in [0, 0.1) is 0 Å². The maximum Gasteiger partial charge on any atom is 0.472 e. The summed E-state index contributed by atoms with van der Waals surface area (Å²) in [4.78, 5) is 35.5. The smallest absolute Gasteiger partial charge is 0.462 e. The molecular formula is C48H93NO9P+. The van der Waals surface area contributed by atoms with Crippen LogP contribution < -0.4 is 0 Å². The van der Waals surface area contributed by atoms with Gasteiger partial charge in [-0.1, -0.05) is 180 Å². The number of hydrogen-bond acceptors (Lipinski definition) is 8. The van der Waals surface area contributed by atoms with Crippen molar-refractivity contribution in [2.75, 3.05) is 47.5 Å². The van der Waals surface area contributed by atoms with Crippen molar-refractivity contribution >= 4 is 19.8 Å². The number of quaternary nitrogens is 1. The van der Waals surface area contributed by atoms with Crippen molar-refractivity contribution < 1.29 is 46.8 Å². The number of ether oxygens (including phenoxy) is 3. The summed E-state index contributed by atoms with van der Waals surface area (Å²) in [5.74, 6) is -0.810. The maximum atomic E-state index is 12.7. The molecule has 348 valence electrons. The molecule has 0 aromatic carbocycles. The first-order valence-electron chi connectivity index (χ1n) is 24.5. The number of epoxide rings is 1. The maximum absolute atomic E-state index is 12.7. The van der Waals surface area contributed by atoms with Crippen LogP contribution in [0.4, 0.5) is 0 Å². The lowest BCUT2D eigenvalue weighted by molar-refractivity contribution is -0.870. The molecule has 1 aliphatic rings. The van der Waals surface area contributed by atoms with Crippen LogP contribution in [0.25, 0.3) is 0 Å². The van der Waals surface area contributed by atoms with Gasteiger partial charge < -0.3 is 23.6 Å². The zero-order valence-corrected chi connectivity index (χ0v) is 39.8. The third-order valence-electron chi connectivity index (χ3n) is 11.2. The van der Waals surface area contributed by atoms with Crippen LogP contribution in [0.3, 0.4) is 0 Å². The number of esters is 2. The van der Waals surface area contributed by atoms with Gasteiger partial charge in [0.1, 0.15) is 19.8 Å². The molecule has 0 bridgehead atoms. The van der Waals surface area contributed by atoms with E-state index >= 15 is 0 Å². The summed E-state index contributed by atoms with van der Waals surface area (Å²) in [5.41, 5.74) is 0. The van der Waals surface area contributed by atoms with E-state index in [4.69, 9.17) is 23.3 Å². The fourth-order valence-corrected chi connectivity index (χ4v) is 8.00. The summed E-state index contributed by atoms with van der Waals surface area (Å²) in [6, 6.07) is 0. The van der Waals surface area contributed by atoms with Crippen LogP contribution in [0.5, 0.6) is 0 Å². The van der Waals surface area contributed by atoms with E-state index in [1.807, 2.05) is 21.1 Å². The second-order valence-electron chi connectivity index (χ2n) is 18.2. The Hall–Kier alpha value is -1.29. The summed E-state index contributed by atoms with van der Waals surface area (Å²) in [7, 11) is 1.47. The van der Waals surface area contributed by atoms with Crippen LogP contribution >= 0.6 is 7.82 Å². The Balaban J connectivity index is 2.22. The molecule has 10 nitrogen and oxygen atoms in total. The van der Waals surface area contributed by atoms with E-state index in [1.54, 1.807) is 0 Å². The Morgan fingerprint density at radius 2 is 1.08 bits per heavy atom. The molecule has 1 rings (SSSR count). The van der Waals surface area contributed by atoms with Gasteiger partial charge in [0, 0.05) is 12.8 Å². The molecule has 1 fully saturated rings. The number of hydrogen-bond donors (Lipinski definition) is 1. The van der Waals surface area contributed by atoms with Crippen LogP contribution in [0.2, 0.25) is 0 Å². The average Bonchev–Trinajstić information content (AvgIpc) is 3.94. The van der Waals surface area contributed by atoms with Crippen molar-refractivity contribution in [2.24, 2.45) is 0 Å². The molecule has 0 aliphatic carbocycles. The molecule has 0 amide bonds. The Labute approximate surface area is 362 Å². The molecule has 11 heteroatoms. The Kier molecular flexibility index (Phi) is 35.2. The van der Waals surface area contributed by atoms with Gasteiger partial charge in [-0.3, -0.25) is 18.6 Å². The standard InChI is InChI=1S/C48H92NO9P/c1-6-8-10-12-14-15-16-17-18-19-20-21-22-23-24-25-26-30-34-38-47(50)54-42-44(43-56-59(52,53)55-41-40-49(3,4)5)57-48(51)39-35-31-27-29-33-37-46-45(58-46)36-32-28-13-11-9-7-2/h28,32,44-46H,6-27,29-31,33-43H2,1-5H3/p+1/b32-28-/t44-,45?,46?/m1/s1. The number of carbonyl (C=O) groups excluding carboxylic acids is 2. The minimum atomic E-state index is -4.38. The van der Waals surface area contributed by atoms with Crippen molar-refractivity contribution in [3.63, 3.8) is 0 Å². The van der Waals surface area contributed by atoms with Crippen LogP contribution in [0.15, 0.2) is 12.2 Å². The number of phosphoric acid groups is 1. The van der Waals surface area contributed by atoms with Gasteiger partial charge >= 0.3 is 19.8 Å². The van der Waals surface area contributed by atoms with Gasteiger partial charge in [0.15, 0.2) is 6.10 Å². The predicted molar refractivity (Wildman–Crippen MR) is 242 cm³/mol. The van der Waals surface area contributed by atoms with E-state index in [2.05, 4.69) is 26.0 Å². The normalized spacial score (nSPS) is 17.0. The average molecular weight is 859 g/mol. The molecule has 1 saturated heterocycles. The van der Waals surface area contributed by atoms with Crippen molar-refractivity contribution in [1.82, 2.24) is 0 Å². The fourth-order valence-electron chi connectivity index (χ4n) is 7.26. The van der Waals surface area contributed by atoms with Gasteiger partial charge in [0.25, 0.3) is 0 Å². The summed E-state index contributed by atoms with van der Waals surface area (Å²) in [6.45, 7) is 4.40. The first-order valence-corrected chi connectivity index (χ1v) is 26.0. The van der Waals surface area contributed by atoms with E-state index < -0.39 is 26.5 Å². The lowest BCUT2D eigenvalue weighted by Gasteiger charge is -2.24. The third-order valence-corrected chi connectivity index (χ3v) is 12.2. The van der Waals surface area contributed by atoms with Gasteiger partial charge in [0.2, 0.25) is 0 Å². The zero-order valence-electron chi connectivity index (χ0n) is 39.0.